The number of carbonyl (C=O) groups excluding carboxylic acids is 1. The normalized spacial score (nSPS) is 19.0. The van der Waals surface area contributed by atoms with Crippen LogP contribution in [-0.2, 0) is 9.59 Å². The third kappa shape index (κ3) is 4.41. The third-order valence-corrected chi connectivity index (χ3v) is 3.76. The van der Waals surface area contributed by atoms with Crippen LogP contribution in [0.2, 0.25) is 0 Å². The van der Waals surface area contributed by atoms with E-state index >= 15 is 0 Å². The number of hydrogen-bond donors (Lipinski definition) is 3. The maximum absolute atomic E-state index is 11.7. The molecule has 0 saturated heterocycles. The summed E-state index contributed by atoms with van der Waals surface area (Å²) in [5.74, 6) is -2.14. The third-order valence-electron chi connectivity index (χ3n) is 3.76. The predicted octanol–water partition coefficient (Wildman–Crippen LogP) is 1.54. The second-order valence-electron chi connectivity index (χ2n) is 5.64. The Morgan fingerprint density at radius 2 is 2.09 bits per heavy atom. The van der Waals surface area contributed by atoms with Gasteiger partial charge < -0.3 is 15.7 Å². The summed E-state index contributed by atoms with van der Waals surface area (Å²) in [6.45, 7) is 2.65. The van der Waals surface area contributed by atoms with Gasteiger partial charge >= 0.3 is 5.97 Å². The van der Waals surface area contributed by atoms with Crippen LogP contribution >= 0.6 is 0 Å². The predicted molar refractivity (Wildman–Crippen MR) is 83.2 cm³/mol. The molecule has 1 aliphatic carbocycles. The number of amides is 1. The summed E-state index contributed by atoms with van der Waals surface area (Å²) < 4.78 is 0. The van der Waals surface area contributed by atoms with E-state index in [9.17, 15) is 19.7 Å². The highest BCUT2D eigenvalue weighted by Crippen LogP contribution is 2.38. The number of anilines is 1. The fourth-order valence-electron chi connectivity index (χ4n) is 2.35. The zero-order chi connectivity index (χ0) is 17.0. The van der Waals surface area contributed by atoms with E-state index in [2.05, 4.69) is 10.6 Å². The standard InChI is InChI=1S/C15H19N3O5/c1-9-3-4-12(13(7-9)18(22)23)16-5-2-6-17-14(19)10-8-11(10)15(20)21/h3-4,7,10-11,16H,2,5-6,8H2,1H3,(H,17,19)(H,20,21). The molecule has 1 aromatic carbocycles. The molecule has 23 heavy (non-hydrogen) atoms. The van der Waals surface area contributed by atoms with Gasteiger partial charge in [-0.05, 0) is 31.4 Å². The molecule has 1 saturated carbocycles. The van der Waals surface area contributed by atoms with Crippen LogP contribution < -0.4 is 10.6 Å². The smallest absolute Gasteiger partial charge is 0.307 e. The van der Waals surface area contributed by atoms with E-state index < -0.39 is 22.7 Å². The minimum absolute atomic E-state index is 0.0244. The number of benzene rings is 1. The highest BCUT2D eigenvalue weighted by atomic mass is 16.6. The van der Waals surface area contributed by atoms with Gasteiger partial charge in [0.05, 0.1) is 16.8 Å². The Bertz CT molecular complexity index is 632. The summed E-state index contributed by atoms with van der Waals surface area (Å²) >= 11 is 0. The molecule has 1 amide bonds. The summed E-state index contributed by atoms with van der Waals surface area (Å²) in [7, 11) is 0. The van der Waals surface area contributed by atoms with Crippen molar-refractivity contribution >= 4 is 23.3 Å². The van der Waals surface area contributed by atoms with Gasteiger partial charge in [-0.3, -0.25) is 19.7 Å². The molecule has 2 rings (SSSR count). The molecule has 2 atom stereocenters. The molecule has 0 aliphatic heterocycles. The number of nitro benzene ring substituents is 1. The number of rotatable bonds is 8. The number of carboxylic acids is 1. The number of aryl methyl sites for hydroxylation is 1. The Morgan fingerprint density at radius 3 is 2.70 bits per heavy atom. The number of carboxylic acid groups (broad SMARTS) is 1. The first kappa shape index (κ1) is 16.7. The number of nitrogens with one attached hydrogen (secondary N) is 2. The van der Waals surface area contributed by atoms with Gasteiger partial charge in [0, 0.05) is 19.2 Å². The second-order valence-corrected chi connectivity index (χ2v) is 5.64. The Hall–Kier alpha value is -2.64. The summed E-state index contributed by atoms with van der Waals surface area (Å²) in [5, 5.41) is 25.4. The number of nitro groups is 1. The van der Waals surface area contributed by atoms with E-state index in [-0.39, 0.29) is 11.6 Å². The van der Waals surface area contributed by atoms with E-state index in [4.69, 9.17) is 5.11 Å². The minimum Gasteiger partial charge on any atom is -0.481 e. The van der Waals surface area contributed by atoms with Crippen molar-refractivity contribution < 1.29 is 19.6 Å². The van der Waals surface area contributed by atoms with Crippen molar-refractivity contribution in [1.82, 2.24) is 5.32 Å². The maximum atomic E-state index is 11.7. The van der Waals surface area contributed by atoms with Gasteiger partial charge in [0.25, 0.3) is 5.69 Å². The van der Waals surface area contributed by atoms with E-state index in [0.717, 1.165) is 5.56 Å². The van der Waals surface area contributed by atoms with Crippen LogP contribution in [0.3, 0.4) is 0 Å². The molecule has 8 heteroatoms. The highest BCUT2D eigenvalue weighted by Gasteiger charge is 2.48. The van der Waals surface area contributed by atoms with E-state index in [0.29, 0.717) is 31.6 Å². The molecule has 0 spiro atoms. The molecule has 3 N–H and O–H groups in total. The topological polar surface area (TPSA) is 122 Å². The molecule has 1 aliphatic rings. The molecule has 0 bridgehead atoms. The molecular weight excluding hydrogens is 302 g/mol. The monoisotopic (exact) mass is 321 g/mol. The lowest BCUT2D eigenvalue weighted by molar-refractivity contribution is -0.384. The number of aliphatic carboxylic acids is 1. The van der Waals surface area contributed by atoms with Crippen LogP contribution in [0.15, 0.2) is 18.2 Å². The van der Waals surface area contributed by atoms with E-state index in [1.54, 1.807) is 19.1 Å². The average Bonchev–Trinajstić information content (AvgIpc) is 3.28. The molecule has 1 aromatic rings. The van der Waals surface area contributed by atoms with Gasteiger partial charge in [0.1, 0.15) is 5.69 Å². The second kappa shape index (κ2) is 7.08. The van der Waals surface area contributed by atoms with Crippen molar-refractivity contribution in [3.05, 3.63) is 33.9 Å². The molecule has 1 fully saturated rings. The van der Waals surface area contributed by atoms with Crippen LogP contribution in [0.25, 0.3) is 0 Å². The summed E-state index contributed by atoms with van der Waals surface area (Å²) in [4.78, 5) is 32.9. The lowest BCUT2D eigenvalue weighted by Crippen LogP contribution is -2.28. The van der Waals surface area contributed by atoms with Crippen molar-refractivity contribution in [3.8, 4) is 0 Å². The lowest BCUT2D eigenvalue weighted by Gasteiger charge is -2.08. The van der Waals surface area contributed by atoms with Crippen LogP contribution in [0.5, 0.6) is 0 Å². The van der Waals surface area contributed by atoms with Crippen molar-refractivity contribution in [3.63, 3.8) is 0 Å². The first-order chi connectivity index (χ1) is 10.9. The molecule has 0 radical (unpaired) electrons. The summed E-state index contributed by atoms with van der Waals surface area (Å²) in [5.41, 5.74) is 1.28. The molecule has 0 heterocycles. The largest absolute Gasteiger partial charge is 0.481 e. The summed E-state index contributed by atoms with van der Waals surface area (Å²) in [6.07, 6.45) is 0.982. The van der Waals surface area contributed by atoms with Crippen molar-refractivity contribution in [2.24, 2.45) is 11.8 Å². The van der Waals surface area contributed by atoms with Crippen LogP contribution in [0.1, 0.15) is 18.4 Å². The quantitative estimate of drug-likeness (QED) is 0.379. The fourth-order valence-corrected chi connectivity index (χ4v) is 2.35. The number of nitrogens with zero attached hydrogens (tertiary/aromatic N) is 1. The Labute approximate surface area is 133 Å². The molecular formula is C15H19N3O5. The highest BCUT2D eigenvalue weighted by molar-refractivity contribution is 5.89. The first-order valence-corrected chi connectivity index (χ1v) is 7.39. The minimum atomic E-state index is -0.932. The SMILES string of the molecule is Cc1ccc(NCCCNC(=O)C2CC2C(=O)O)c([N+](=O)[O-])c1. The van der Waals surface area contributed by atoms with Gasteiger partial charge in [-0.15, -0.1) is 0 Å². The molecule has 0 aromatic heterocycles. The van der Waals surface area contributed by atoms with E-state index in [1.165, 1.54) is 6.07 Å². The lowest BCUT2D eigenvalue weighted by atomic mass is 10.2. The van der Waals surface area contributed by atoms with Gasteiger partial charge in [-0.2, -0.15) is 0 Å². The van der Waals surface area contributed by atoms with Crippen LogP contribution in [0.4, 0.5) is 11.4 Å². The fraction of sp³-hybridized carbons (Fsp3) is 0.467. The maximum Gasteiger partial charge on any atom is 0.307 e. The summed E-state index contributed by atoms with van der Waals surface area (Å²) in [6, 6.07) is 4.95. The zero-order valence-electron chi connectivity index (χ0n) is 12.7. The first-order valence-electron chi connectivity index (χ1n) is 7.39. The Kier molecular flexibility index (Phi) is 5.15. The van der Waals surface area contributed by atoms with Crippen molar-refractivity contribution in [2.45, 2.75) is 19.8 Å². The van der Waals surface area contributed by atoms with Crippen LogP contribution in [0, 0.1) is 28.9 Å². The van der Waals surface area contributed by atoms with Crippen molar-refractivity contribution in [1.29, 1.82) is 0 Å². The van der Waals surface area contributed by atoms with Gasteiger partial charge in [0.2, 0.25) is 5.91 Å². The Morgan fingerprint density at radius 1 is 1.35 bits per heavy atom. The number of hydrogen-bond acceptors (Lipinski definition) is 5. The molecule has 124 valence electrons. The average molecular weight is 321 g/mol. The van der Waals surface area contributed by atoms with Crippen molar-refractivity contribution in [2.75, 3.05) is 18.4 Å². The molecule has 2 unspecified atom stereocenters. The van der Waals surface area contributed by atoms with E-state index in [1.807, 2.05) is 0 Å². The van der Waals surface area contributed by atoms with Gasteiger partial charge in [-0.25, -0.2) is 0 Å². The molecule has 8 nitrogen and oxygen atoms in total. The van der Waals surface area contributed by atoms with Gasteiger partial charge in [0.15, 0.2) is 0 Å². The van der Waals surface area contributed by atoms with Crippen LogP contribution in [-0.4, -0.2) is 35.0 Å². The Balaban J connectivity index is 1.71. The van der Waals surface area contributed by atoms with Gasteiger partial charge in [-0.1, -0.05) is 6.07 Å². The number of carbonyl (C=O) groups is 2. The zero-order valence-corrected chi connectivity index (χ0v) is 12.7.